The van der Waals surface area contributed by atoms with E-state index in [0.29, 0.717) is 21.2 Å². The molecule has 1 N–H and O–H groups in total. The van der Waals surface area contributed by atoms with E-state index in [2.05, 4.69) is 5.32 Å². The number of anilines is 2. The van der Waals surface area contributed by atoms with Gasteiger partial charge in [0.2, 0.25) is 17.7 Å². The van der Waals surface area contributed by atoms with Crippen molar-refractivity contribution in [3.8, 4) is 0 Å². The minimum absolute atomic E-state index is 0.209. The lowest BCUT2D eigenvalue weighted by molar-refractivity contribution is -0.122. The molecule has 4 aromatic rings. The van der Waals surface area contributed by atoms with E-state index in [1.165, 1.54) is 28.8 Å². The smallest absolute Gasteiger partial charge is 0.308 e. The predicted octanol–water partition coefficient (Wildman–Crippen LogP) is 6.10. The van der Waals surface area contributed by atoms with E-state index in [9.17, 15) is 23.6 Å². The number of nitrogens with zero attached hydrogens (tertiary/aromatic N) is 2. The van der Waals surface area contributed by atoms with Gasteiger partial charge in [-0.3, -0.25) is 23.7 Å². The summed E-state index contributed by atoms with van der Waals surface area (Å²) >= 11 is 15.0. The van der Waals surface area contributed by atoms with Crippen LogP contribution in [0.4, 0.5) is 15.8 Å². The molecule has 1 saturated heterocycles. The molecule has 1 aromatic heterocycles. The van der Waals surface area contributed by atoms with Gasteiger partial charge in [0, 0.05) is 16.5 Å². The lowest BCUT2D eigenvalue weighted by atomic mass is 9.83. The third kappa shape index (κ3) is 4.88. The molecule has 2 unspecified atom stereocenters. The molecule has 2 aliphatic heterocycles. The summed E-state index contributed by atoms with van der Waals surface area (Å²) in [6.45, 7) is 1.64. The predicted molar refractivity (Wildman–Crippen MR) is 159 cm³/mol. The van der Waals surface area contributed by atoms with Crippen LogP contribution in [0.3, 0.4) is 0 Å². The average Bonchev–Trinajstić information content (AvgIpc) is 3.38. The summed E-state index contributed by atoms with van der Waals surface area (Å²) in [5, 5.41) is 2.77. The van der Waals surface area contributed by atoms with Gasteiger partial charge < -0.3 is 5.32 Å². The van der Waals surface area contributed by atoms with Crippen LogP contribution in [0, 0.1) is 18.7 Å². The third-order valence-corrected chi connectivity index (χ3v) is 10.5. The van der Waals surface area contributed by atoms with Crippen LogP contribution < -0.4 is 15.1 Å². The standard InChI is InChI=1S/C29H20Cl2FN3O4S2/c1-14-5-9-16(10-6-14)33-20(36)13-34-28-25(41-29(34)39)21(18-3-2-4-19(30)23(18)31)22-24(40-28)27(38)35(26(22)37)17-11-7-15(32)8-12-17/h2-12,21-22,24H,13H2,1H3,(H,33,36)/t21-,22?,24?/m1/s1. The Morgan fingerprint density at radius 2 is 1.68 bits per heavy atom. The molecule has 3 aromatic carbocycles. The minimum Gasteiger partial charge on any atom is -0.325 e. The van der Waals surface area contributed by atoms with Gasteiger partial charge in [0.15, 0.2) is 0 Å². The SMILES string of the molecule is Cc1ccc(NC(=O)Cn2c3c(sc2=O)[C@H](c2cccc(Cl)c2Cl)C2C(=O)N(c4ccc(F)cc4)C(=O)C2S3)cc1. The molecular weight excluding hydrogens is 608 g/mol. The van der Waals surface area contributed by atoms with Crippen molar-refractivity contribution in [1.29, 1.82) is 0 Å². The van der Waals surface area contributed by atoms with Crippen molar-refractivity contribution in [3.05, 3.63) is 108 Å². The number of fused-ring (bicyclic) bond motifs is 2. The maximum Gasteiger partial charge on any atom is 0.308 e. The van der Waals surface area contributed by atoms with Gasteiger partial charge in [-0.25, -0.2) is 9.29 Å². The minimum atomic E-state index is -0.916. The number of aryl methyl sites for hydroxylation is 1. The molecule has 3 heterocycles. The molecule has 6 rings (SSSR count). The summed E-state index contributed by atoms with van der Waals surface area (Å²) in [4.78, 5) is 55.1. The monoisotopic (exact) mass is 627 g/mol. The lowest BCUT2D eigenvalue weighted by Crippen LogP contribution is -2.33. The van der Waals surface area contributed by atoms with E-state index >= 15 is 0 Å². The Morgan fingerprint density at radius 1 is 0.976 bits per heavy atom. The number of nitrogens with one attached hydrogen (secondary N) is 1. The van der Waals surface area contributed by atoms with Gasteiger partial charge in [-0.2, -0.15) is 0 Å². The molecule has 0 radical (unpaired) electrons. The molecule has 1 fully saturated rings. The average molecular weight is 629 g/mol. The number of rotatable bonds is 5. The topological polar surface area (TPSA) is 88.5 Å². The van der Waals surface area contributed by atoms with E-state index in [0.717, 1.165) is 33.6 Å². The summed E-state index contributed by atoms with van der Waals surface area (Å²) < 4.78 is 15.0. The van der Waals surface area contributed by atoms with Gasteiger partial charge in [0.25, 0.3) is 0 Å². The fraction of sp³-hybridized carbons (Fsp3) is 0.172. The second kappa shape index (κ2) is 10.8. The Labute approximate surface area is 251 Å². The zero-order valence-electron chi connectivity index (χ0n) is 21.3. The maximum atomic E-state index is 13.9. The molecule has 0 aliphatic carbocycles. The van der Waals surface area contributed by atoms with Crippen LogP contribution in [-0.2, 0) is 20.9 Å². The third-order valence-electron chi connectivity index (χ3n) is 7.09. The van der Waals surface area contributed by atoms with E-state index in [4.69, 9.17) is 23.2 Å². The number of thioether (sulfide) groups is 1. The van der Waals surface area contributed by atoms with Crippen LogP contribution in [0.15, 0.2) is 76.6 Å². The zero-order chi connectivity index (χ0) is 29.0. The fourth-order valence-electron chi connectivity index (χ4n) is 5.18. The van der Waals surface area contributed by atoms with Crippen molar-refractivity contribution in [1.82, 2.24) is 4.57 Å². The quantitative estimate of drug-likeness (QED) is 0.270. The maximum absolute atomic E-state index is 13.9. The Balaban J connectivity index is 1.43. The molecule has 2 aliphatic rings. The number of amides is 3. The first-order chi connectivity index (χ1) is 19.6. The highest BCUT2D eigenvalue weighted by atomic mass is 35.5. The highest BCUT2D eigenvalue weighted by Gasteiger charge is 2.57. The molecule has 3 amide bonds. The number of carbonyl (C=O) groups is 3. The molecule has 41 heavy (non-hydrogen) atoms. The van der Waals surface area contributed by atoms with E-state index in [1.807, 2.05) is 19.1 Å². The summed E-state index contributed by atoms with van der Waals surface area (Å²) in [6.07, 6.45) is 0. The first-order valence-corrected chi connectivity index (χ1v) is 14.9. The van der Waals surface area contributed by atoms with Crippen LogP contribution in [-0.4, -0.2) is 27.5 Å². The number of hydrogen-bond acceptors (Lipinski definition) is 6. The van der Waals surface area contributed by atoms with Crippen molar-refractivity contribution < 1.29 is 18.8 Å². The number of hydrogen-bond donors (Lipinski definition) is 1. The fourth-order valence-corrected chi connectivity index (χ4v) is 8.37. The lowest BCUT2D eigenvalue weighted by Gasteiger charge is -2.31. The van der Waals surface area contributed by atoms with Gasteiger partial charge >= 0.3 is 4.87 Å². The summed E-state index contributed by atoms with van der Waals surface area (Å²) in [5.74, 6) is -3.59. The number of aromatic nitrogens is 1. The van der Waals surface area contributed by atoms with Crippen molar-refractivity contribution in [3.63, 3.8) is 0 Å². The molecule has 0 saturated carbocycles. The van der Waals surface area contributed by atoms with Crippen LogP contribution in [0.5, 0.6) is 0 Å². The molecule has 0 spiro atoms. The van der Waals surface area contributed by atoms with Crippen molar-refractivity contribution >= 4 is 75.4 Å². The Bertz CT molecular complexity index is 1770. The van der Waals surface area contributed by atoms with Crippen LogP contribution in [0.25, 0.3) is 0 Å². The van der Waals surface area contributed by atoms with Crippen LogP contribution in [0.1, 0.15) is 21.9 Å². The molecular formula is C29H20Cl2FN3O4S2. The van der Waals surface area contributed by atoms with Gasteiger partial charge in [0.1, 0.15) is 17.6 Å². The molecule has 7 nitrogen and oxygen atoms in total. The van der Waals surface area contributed by atoms with Gasteiger partial charge in [-0.05, 0) is 55.0 Å². The number of carbonyl (C=O) groups excluding carboxylic acids is 3. The second-order valence-electron chi connectivity index (χ2n) is 9.71. The van der Waals surface area contributed by atoms with Crippen LogP contribution >= 0.6 is 46.3 Å². The molecule has 12 heteroatoms. The highest BCUT2D eigenvalue weighted by molar-refractivity contribution is 8.00. The van der Waals surface area contributed by atoms with E-state index < -0.39 is 45.5 Å². The number of imide groups is 1. The van der Waals surface area contributed by atoms with Gasteiger partial charge in [0.05, 0.1) is 26.7 Å². The first kappa shape index (κ1) is 27.7. The van der Waals surface area contributed by atoms with Crippen molar-refractivity contribution in [2.24, 2.45) is 5.92 Å². The Hall–Kier alpha value is -3.44. The van der Waals surface area contributed by atoms with Crippen molar-refractivity contribution in [2.75, 3.05) is 10.2 Å². The van der Waals surface area contributed by atoms with E-state index in [1.54, 1.807) is 30.3 Å². The summed E-state index contributed by atoms with van der Waals surface area (Å²) in [7, 11) is 0. The molecule has 208 valence electrons. The summed E-state index contributed by atoms with van der Waals surface area (Å²) in [5.41, 5.74) is 2.36. The van der Waals surface area contributed by atoms with Gasteiger partial charge in [-0.15, -0.1) is 0 Å². The number of thiazole rings is 1. The van der Waals surface area contributed by atoms with Crippen LogP contribution in [0.2, 0.25) is 10.0 Å². The number of halogens is 3. The molecule has 0 bridgehead atoms. The second-order valence-corrected chi connectivity index (χ2v) is 12.6. The highest BCUT2D eigenvalue weighted by Crippen LogP contribution is 2.55. The zero-order valence-corrected chi connectivity index (χ0v) is 24.4. The van der Waals surface area contributed by atoms with E-state index in [-0.39, 0.29) is 22.3 Å². The first-order valence-electron chi connectivity index (χ1n) is 12.5. The van der Waals surface area contributed by atoms with Gasteiger partial charge in [-0.1, -0.05) is 76.1 Å². The summed E-state index contributed by atoms with van der Waals surface area (Å²) in [6, 6.07) is 17.4. The van der Waals surface area contributed by atoms with Crippen molar-refractivity contribution in [2.45, 2.75) is 29.7 Å². The normalized spacial score (nSPS) is 19.7. The number of benzene rings is 3. The largest absolute Gasteiger partial charge is 0.325 e. The Kier molecular flexibility index (Phi) is 7.27. The molecule has 3 atom stereocenters. The Morgan fingerprint density at radius 3 is 2.39 bits per heavy atom.